The predicted octanol–water partition coefficient (Wildman–Crippen LogP) is 9.71. The van der Waals surface area contributed by atoms with Gasteiger partial charge in [0.2, 0.25) is 12.8 Å². The summed E-state index contributed by atoms with van der Waals surface area (Å²) in [6.07, 6.45) is 15.2. The van der Waals surface area contributed by atoms with Gasteiger partial charge in [0.25, 0.3) is 0 Å². The summed E-state index contributed by atoms with van der Waals surface area (Å²) in [5, 5.41) is 5.86. The van der Waals surface area contributed by atoms with Crippen molar-refractivity contribution in [1.29, 1.82) is 0 Å². The van der Waals surface area contributed by atoms with Gasteiger partial charge in [-0.15, -0.1) is 0 Å². The van der Waals surface area contributed by atoms with E-state index in [2.05, 4.69) is 67.2 Å². The van der Waals surface area contributed by atoms with Crippen molar-refractivity contribution < 1.29 is 14.3 Å². The van der Waals surface area contributed by atoms with E-state index in [1.54, 1.807) is 0 Å². The molecule has 4 fully saturated rings. The molecule has 9 atom stereocenters. The number of aryl methyl sites for hydroxylation is 2. The first kappa shape index (κ1) is 33.4. The molecule has 5 nitrogen and oxygen atoms in total. The van der Waals surface area contributed by atoms with Gasteiger partial charge in [-0.25, -0.2) is 0 Å². The Kier molecular flexibility index (Phi) is 8.52. The van der Waals surface area contributed by atoms with E-state index in [0.29, 0.717) is 47.5 Å². The van der Waals surface area contributed by atoms with Crippen LogP contribution in [0.3, 0.4) is 0 Å². The molecule has 0 heterocycles. The zero-order valence-corrected chi connectivity index (χ0v) is 30.3. The molecule has 50 heavy (non-hydrogen) atoms. The molecule has 0 radical (unpaired) electrons. The molecule has 4 saturated carbocycles. The molecular formula is C45H54N2O3. The Morgan fingerprint density at radius 2 is 1.46 bits per heavy atom. The van der Waals surface area contributed by atoms with Crippen molar-refractivity contribution in [2.24, 2.45) is 40.4 Å². The van der Waals surface area contributed by atoms with Crippen molar-refractivity contribution in [1.82, 2.24) is 0 Å². The minimum Gasteiger partial charge on any atom is -0.492 e. The van der Waals surface area contributed by atoms with Crippen LogP contribution in [0.25, 0.3) is 0 Å². The molecule has 2 N–H and O–H groups in total. The Morgan fingerprint density at radius 3 is 2.16 bits per heavy atom. The van der Waals surface area contributed by atoms with Crippen molar-refractivity contribution in [2.45, 2.75) is 110 Å². The van der Waals surface area contributed by atoms with Gasteiger partial charge in [-0.1, -0.05) is 50.0 Å². The molecule has 0 saturated heterocycles. The minimum absolute atomic E-state index is 0.138. The fraction of sp³-hybridized carbons (Fsp3) is 0.556. The van der Waals surface area contributed by atoms with Crippen LogP contribution in [-0.4, -0.2) is 19.4 Å². The van der Waals surface area contributed by atoms with Gasteiger partial charge in [-0.05, 0) is 176 Å². The Morgan fingerprint density at radius 1 is 0.820 bits per heavy atom. The molecule has 0 spiro atoms. The van der Waals surface area contributed by atoms with Gasteiger partial charge in [0, 0.05) is 12.0 Å². The summed E-state index contributed by atoms with van der Waals surface area (Å²) >= 11 is 0. The Bertz CT molecular complexity index is 1810. The molecule has 6 aliphatic carbocycles. The summed E-state index contributed by atoms with van der Waals surface area (Å²) < 4.78 is 5.98. The highest BCUT2D eigenvalue weighted by Crippen LogP contribution is 2.65. The zero-order valence-electron chi connectivity index (χ0n) is 30.3. The van der Waals surface area contributed by atoms with E-state index in [0.717, 1.165) is 80.0 Å². The Balaban J connectivity index is 1.03. The quantitative estimate of drug-likeness (QED) is 0.175. The van der Waals surface area contributed by atoms with Gasteiger partial charge in [-0.2, -0.15) is 0 Å². The molecule has 0 aliphatic heterocycles. The number of carbonyl (C=O) groups is 2. The van der Waals surface area contributed by atoms with Gasteiger partial charge >= 0.3 is 0 Å². The van der Waals surface area contributed by atoms with E-state index in [1.165, 1.54) is 71.9 Å². The van der Waals surface area contributed by atoms with E-state index < -0.39 is 0 Å². The summed E-state index contributed by atoms with van der Waals surface area (Å²) in [5.41, 5.74) is 11.6. The van der Waals surface area contributed by atoms with Crippen LogP contribution in [-0.2, 0) is 22.4 Å². The van der Waals surface area contributed by atoms with Crippen LogP contribution in [0.4, 0.5) is 11.4 Å². The zero-order chi connectivity index (χ0) is 34.8. The summed E-state index contributed by atoms with van der Waals surface area (Å²) in [6, 6.07) is 8.94. The lowest BCUT2D eigenvalue weighted by Gasteiger charge is -2.49. The number of fused-ring (bicyclic) bond motifs is 10. The molecule has 6 aliphatic rings. The minimum atomic E-state index is 0.138. The van der Waals surface area contributed by atoms with E-state index >= 15 is 0 Å². The van der Waals surface area contributed by atoms with Crippen LogP contribution >= 0.6 is 0 Å². The second-order valence-corrected chi connectivity index (χ2v) is 17.0. The lowest BCUT2D eigenvalue weighted by atomic mass is 9.55. The number of allylic oxidation sites excluding steroid dienone is 2. The van der Waals surface area contributed by atoms with E-state index in [9.17, 15) is 9.59 Å². The van der Waals surface area contributed by atoms with E-state index in [4.69, 9.17) is 11.3 Å². The third kappa shape index (κ3) is 5.18. The molecular weight excluding hydrogens is 617 g/mol. The first-order valence-corrected chi connectivity index (χ1v) is 19.4. The smallest absolute Gasteiger partial charge is 0.211 e. The fourth-order valence-electron chi connectivity index (χ4n) is 12.4. The summed E-state index contributed by atoms with van der Waals surface area (Å²) in [7, 11) is 0. The fourth-order valence-corrected chi connectivity index (χ4v) is 12.4. The lowest BCUT2D eigenvalue weighted by Crippen LogP contribution is -2.40. The average Bonchev–Trinajstić information content (AvgIpc) is 3.56. The number of anilines is 2. The van der Waals surface area contributed by atoms with Gasteiger partial charge < -0.3 is 15.4 Å². The molecule has 2 aromatic carbocycles. The number of hydrogen-bond donors (Lipinski definition) is 2. The summed E-state index contributed by atoms with van der Waals surface area (Å²) in [6.45, 7) is 16.8. The van der Waals surface area contributed by atoms with Crippen molar-refractivity contribution in [3.05, 3.63) is 76.4 Å². The highest BCUT2D eigenvalue weighted by Gasteiger charge is 2.55. The van der Waals surface area contributed by atoms with E-state index in [1.807, 2.05) is 6.92 Å². The van der Waals surface area contributed by atoms with Crippen LogP contribution in [0, 0.1) is 52.3 Å². The molecule has 2 aromatic rings. The highest BCUT2D eigenvalue weighted by atomic mass is 16.5. The maximum Gasteiger partial charge on any atom is 0.211 e. The van der Waals surface area contributed by atoms with Crippen molar-refractivity contribution >= 4 is 24.2 Å². The molecule has 8 rings (SSSR count). The third-order valence-corrected chi connectivity index (χ3v) is 15.1. The third-order valence-electron chi connectivity index (χ3n) is 15.1. The van der Waals surface area contributed by atoms with Crippen molar-refractivity contribution in [3.63, 3.8) is 0 Å². The van der Waals surface area contributed by atoms with Gasteiger partial charge in [-0.3, -0.25) is 9.59 Å². The Hall–Kier alpha value is -3.78. The van der Waals surface area contributed by atoms with Crippen LogP contribution in [0.1, 0.15) is 125 Å². The number of nitrogens with one attached hydrogen (secondary N) is 2. The average molecular weight is 671 g/mol. The SMILES string of the molecule is C=C1CCC2C3CCc4cc(NC=O)c(C#CCC5CC6C7CCc8cc(NC=O)c(OCC)cc8C7CC[C@]6(C)C5=C)cc4C3CC[C@]12C. The largest absolute Gasteiger partial charge is 0.492 e. The first-order chi connectivity index (χ1) is 24.2. The van der Waals surface area contributed by atoms with Crippen molar-refractivity contribution in [3.8, 4) is 17.6 Å². The lowest BCUT2D eigenvalue weighted by molar-refractivity contribution is -0.106. The number of carbonyl (C=O) groups excluding carboxylic acids is 2. The van der Waals surface area contributed by atoms with E-state index in [-0.39, 0.29) is 5.41 Å². The summed E-state index contributed by atoms with van der Waals surface area (Å²) in [5.74, 6) is 12.1. The van der Waals surface area contributed by atoms with Crippen LogP contribution in [0.5, 0.6) is 5.75 Å². The highest BCUT2D eigenvalue weighted by molar-refractivity contribution is 5.77. The summed E-state index contributed by atoms with van der Waals surface area (Å²) in [4.78, 5) is 23.0. The second kappa shape index (κ2) is 12.8. The molecule has 5 heteroatoms. The van der Waals surface area contributed by atoms with Crippen LogP contribution < -0.4 is 15.4 Å². The Labute approximate surface area is 299 Å². The van der Waals surface area contributed by atoms with Crippen molar-refractivity contribution in [2.75, 3.05) is 17.2 Å². The number of rotatable bonds is 7. The molecule has 262 valence electrons. The monoisotopic (exact) mass is 670 g/mol. The maximum atomic E-state index is 11.7. The van der Waals surface area contributed by atoms with Gasteiger partial charge in [0.05, 0.1) is 18.0 Å². The standard InChI is InChI=1S/C45H54N2O3/c1-6-50-43-24-38-31(23-42(43)47-26-49)12-14-36-34(38)17-19-45(5)28(3)29(21-40(36)45)8-7-9-32-20-37-30(22-41(32)46-25-48)11-13-35-33(37)16-18-44(4)27(2)10-15-39(35)44/h20,22-26,29,33-36,39-40H,2-3,6,8,10-19,21H2,1,4-5H3,(H,46,48)(H,47,49)/t29?,33?,34?,35?,36?,39?,40?,44-,45-/m1/s1. The number of hydrogen-bond acceptors (Lipinski definition) is 3. The van der Waals surface area contributed by atoms with Crippen LogP contribution in [0.15, 0.2) is 48.6 Å². The number of amides is 2. The second-order valence-electron chi connectivity index (χ2n) is 17.0. The maximum absolute atomic E-state index is 11.7. The topological polar surface area (TPSA) is 67.4 Å². The van der Waals surface area contributed by atoms with Crippen LogP contribution in [0.2, 0.25) is 0 Å². The molecule has 7 unspecified atom stereocenters. The first-order valence-electron chi connectivity index (χ1n) is 19.4. The predicted molar refractivity (Wildman–Crippen MR) is 201 cm³/mol. The molecule has 2 amide bonds. The van der Waals surface area contributed by atoms with Gasteiger partial charge in [0.15, 0.2) is 0 Å². The number of ether oxygens (including phenoxy) is 1. The molecule has 0 bridgehead atoms. The normalized spacial score (nSPS) is 34.8. The van der Waals surface area contributed by atoms with Gasteiger partial charge in [0.1, 0.15) is 5.75 Å². The number of benzene rings is 2. The molecule has 0 aromatic heterocycles.